The molecule has 1 fully saturated rings. The molecule has 0 aliphatic carbocycles. The second-order valence-electron chi connectivity index (χ2n) is 5.45. The molecule has 1 unspecified atom stereocenters. The van der Waals surface area contributed by atoms with Crippen molar-refractivity contribution >= 4 is 0 Å². The highest BCUT2D eigenvalue weighted by Crippen LogP contribution is 2.13. The summed E-state index contributed by atoms with van der Waals surface area (Å²) in [6.07, 6.45) is 2.14. The van der Waals surface area contributed by atoms with Crippen LogP contribution in [0.5, 0.6) is 5.75 Å². The van der Waals surface area contributed by atoms with Gasteiger partial charge in [-0.05, 0) is 50.6 Å². The lowest BCUT2D eigenvalue weighted by molar-refractivity contribution is 0.125. The van der Waals surface area contributed by atoms with E-state index in [1.54, 1.807) is 0 Å². The largest absolute Gasteiger partial charge is 0.494 e. The van der Waals surface area contributed by atoms with Gasteiger partial charge in [0.05, 0.1) is 13.2 Å². The normalized spacial score (nSPS) is 20.6. The number of rotatable bonds is 6. The number of hydrogen-bond donors (Lipinski definition) is 2. The van der Waals surface area contributed by atoms with E-state index < -0.39 is 0 Å². The summed E-state index contributed by atoms with van der Waals surface area (Å²) in [4.78, 5) is 2.37. The van der Waals surface area contributed by atoms with E-state index in [9.17, 15) is 5.11 Å². The van der Waals surface area contributed by atoms with Crippen molar-refractivity contribution in [2.45, 2.75) is 25.8 Å². The fraction of sp³-hybridized carbons (Fsp3) is 0.625. The van der Waals surface area contributed by atoms with Crippen LogP contribution in [0, 0.1) is 6.92 Å². The summed E-state index contributed by atoms with van der Waals surface area (Å²) in [5.41, 5.74) is 1.22. The average molecular weight is 278 g/mol. The van der Waals surface area contributed by atoms with Crippen molar-refractivity contribution in [2.24, 2.45) is 0 Å². The number of aliphatic hydroxyl groups excluding tert-OH is 1. The van der Waals surface area contributed by atoms with Gasteiger partial charge in [0.2, 0.25) is 0 Å². The SMILES string of the molecule is Cc1cccc(OCCCN2CCCNCC2CO)c1. The van der Waals surface area contributed by atoms with Gasteiger partial charge in [-0.15, -0.1) is 0 Å². The highest BCUT2D eigenvalue weighted by atomic mass is 16.5. The van der Waals surface area contributed by atoms with E-state index in [0.29, 0.717) is 0 Å². The molecule has 20 heavy (non-hydrogen) atoms. The van der Waals surface area contributed by atoms with Crippen LogP contribution in [-0.4, -0.2) is 55.4 Å². The van der Waals surface area contributed by atoms with Gasteiger partial charge < -0.3 is 15.2 Å². The Bertz CT molecular complexity index is 398. The number of aliphatic hydroxyl groups is 1. The lowest BCUT2D eigenvalue weighted by Crippen LogP contribution is -2.43. The Morgan fingerprint density at radius 1 is 1.45 bits per heavy atom. The Morgan fingerprint density at radius 2 is 2.35 bits per heavy atom. The molecule has 0 aromatic heterocycles. The standard InChI is InChI=1S/C16H26N2O2/c1-14-5-2-6-16(11-14)20-10-4-9-18-8-3-7-17-12-15(18)13-19/h2,5-6,11,15,17,19H,3-4,7-10,12-13H2,1H3. The molecular weight excluding hydrogens is 252 g/mol. The molecule has 0 saturated carbocycles. The fourth-order valence-corrected chi connectivity index (χ4v) is 2.62. The van der Waals surface area contributed by atoms with E-state index in [1.807, 2.05) is 12.1 Å². The van der Waals surface area contributed by atoms with Crippen molar-refractivity contribution in [1.29, 1.82) is 0 Å². The molecule has 1 aromatic carbocycles. The predicted molar refractivity (Wildman–Crippen MR) is 81.2 cm³/mol. The second-order valence-corrected chi connectivity index (χ2v) is 5.45. The van der Waals surface area contributed by atoms with Crippen molar-refractivity contribution in [3.63, 3.8) is 0 Å². The van der Waals surface area contributed by atoms with Crippen LogP contribution in [0.25, 0.3) is 0 Å². The van der Waals surface area contributed by atoms with Gasteiger partial charge in [-0.2, -0.15) is 0 Å². The van der Waals surface area contributed by atoms with Crippen molar-refractivity contribution in [1.82, 2.24) is 10.2 Å². The summed E-state index contributed by atoms with van der Waals surface area (Å²) >= 11 is 0. The molecule has 2 rings (SSSR count). The van der Waals surface area contributed by atoms with Crippen molar-refractivity contribution in [3.8, 4) is 5.75 Å². The second kappa shape index (κ2) is 8.25. The molecule has 112 valence electrons. The van der Waals surface area contributed by atoms with Crippen LogP contribution in [0.2, 0.25) is 0 Å². The van der Waals surface area contributed by atoms with Gasteiger partial charge in [0.1, 0.15) is 5.75 Å². The third kappa shape index (κ3) is 4.78. The van der Waals surface area contributed by atoms with E-state index in [-0.39, 0.29) is 12.6 Å². The predicted octanol–water partition coefficient (Wildman–Crippen LogP) is 1.42. The minimum Gasteiger partial charge on any atom is -0.494 e. The van der Waals surface area contributed by atoms with Crippen LogP contribution in [0.4, 0.5) is 0 Å². The maximum Gasteiger partial charge on any atom is 0.119 e. The zero-order valence-electron chi connectivity index (χ0n) is 12.3. The molecule has 0 spiro atoms. The summed E-state index contributed by atoms with van der Waals surface area (Å²) in [6.45, 7) is 7.00. The van der Waals surface area contributed by atoms with Gasteiger partial charge in [-0.25, -0.2) is 0 Å². The Morgan fingerprint density at radius 3 is 3.15 bits per heavy atom. The zero-order valence-corrected chi connectivity index (χ0v) is 12.3. The molecule has 1 atom stereocenters. The molecule has 0 radical (unpaired) electrons. The Labute approximate surface area is 121 Å². The fourth-order valence-electron chi connectivity index (χ4n) is 2.62. The van der Waals surface area contributed by atoms with Crippen LogP contribution in [0.3, 0.4) is 0 Å². The van der Waals surface area contributed by atoms with E-state index in [2.05, 4.69) is 29.3 Å². The zero-order chi connectivity index (χ0) is 14.2. The molecule has 2 N–H and O–H groups in total. The number of hydrogen-bond acceptors (Lipinski definition) is 4. The van der Waals surface area contributed by atoms with Crippen molar-refractivity contribution in [2.75, 3.05) is 39.4 Å². The molecule has 4 nitrogen and oxygen atoms in total. The van der Waals surface area contributed by atoms with E-state index >= 15 is 0 Å². The number of nitrogens with one attached hydrogen (secondary N) is 1. The van der Waals surface area contributed by atoms with Crippen molar-refractivity contribution in [3.05, 3.63) is 29.8 Å². The van der Waals surface area contributed by atoms with Gasteiger partial charge in [0.15, 0.2) is 0 Å². The maximum absolute atomic E-state index is 9.44. The molecule has 1 aliphatic rings. The summed E-state index contributed by atoms with van der Waals surface area (Å²) in [6, 6.07) is 8.40. The third-order valence-corrected chi connectivity index (χ3v) is 3.75. The van der Waals surface area contributed by atoms with E-state index in [0.717, 1.165) is 51.4 Å². The smallest absolute Gasteiger partial charge is 0.119 e. The van der Waals surface area contributed by atoms with Crippen LogP contribution in [0.1, 0.15) is 18.4 Å². The lowest BCUT2D eigenvalue weighted by atomic mass is 10.2. The van der Waals surface area contributed by atoms with Crippen molar-refractivity contribution < 1.29 is 9.84 Å². The molecule has 1 saturated heterocycles. The third-order valence-electron chi connectivity index (χ3n) is 3.75. The van der Waals surface area contributed by atoms with Crippen LogP contribution in [-0.2, 0) is 0 Å². The Hall–Kier alpha value is -1.10. The van der Waals surface area contributed by atoms with Crippen LogP contribution < -0.4 is 10.1 Å². The highest BCUT2D eigenvalue weighted by Gasteiger charge is 2.19. The minimum absolute atomic E-state index is 0.228. The summed E-state index contributed by atoms with van der Waals surface area (Å²) < 4.78 is 5.77. The molecule has 4 heteroatoms. The van der Waals surface area contributed by atoms with E-state index in [1.165, 1.54) is 5.56 Å². The molecule has 1 aliphatic heterocycles. The first-order valence-corrected chi connectivity index (χ1v) is 7.54. The highest BCUT2D eigenvalue weighted by molar-refractivity contribution is 5.27. The number of ether oxygens (including phenoxy) is 1. The lowest BCUT2D eigenvalue weighted by Gasteiger charge is -2.27. The summed E-state index contributed by atoms with van der Waals surface area (Å²) in [5, 5.41) is 12.8. The molecule has 0 bridgehead atoms. The first kappa shape index (κ1) is 15.3. The van der Waals surface area contributed by atoms with Crippen LogP contribution >= 0.6 is 0 Å². The van der Waals surface area contributed by atoms with Gasteiger partial charge in [0, 0.05) is 19.1 Å². The Kier molecular flexibility index (Phi) is 6.30. The first-order chi connectivity index (χ1) is 9.79. The topological polar surface area (TPSA) is 44.7 Å². The summed E-state index contributed by atoms with van der Waals surface area (Å²) in [7, 11) is 0. The average Bonchev–Trinajstić information content (AvgIpc) is 2.68. The molecule has 1 heterocycles. The van der Waals surface area contributed by atoms with Gasteiger partial charge in [-0.1, -0.05) is 12.1 Å². The first-order valence-electron chi connectivity index (χ1n) is 7.54. The quantitative estimate of drug-likeness (QED) is 0.773. The number of benzene rings is 1. The minimum atomic E-state index is 0.228. The number of aryl methyl sites for hydroxylation is 1. The van der Waals surface area contributed by atoms with Crippen LogP contribution in [0.15, 0.2) is 24.3 Å². The van der Waals surface area contributed by atoms with Gasteiger partial charge in [-0.3, -0.25) is 4.90 Å². The maximum atomic E-state index is 9.44. The molecular formula is C16H26N2O2. The van der Waals surface area contributed by atoms with E-state index in [4.69, 9.17) is 4.74 Å². The number of nitrogens with zero attached hydrogens (tertiary/aromatic N) is 1. The Balaban J connectivity index is 1.71. The van der Waals surface area contributed by atoms with Gasteiger partial charge >= 0.3 is 0 Å². The monoisotopic (exact) mass is 278 g/mol. The molecule has 1 aromatic rings. The summed E-state index contributed by atoms with van der Waals surface area (Å²) in [5.74, 6) is 0.946. The van der Waals surface area contributed by atoms with Gasteiger partial charge in [0.25, 0.3) is 0 Å². The molecule has 0 amide bonds.